The summed E-state index contributed by atoms with van der Waals surface area (Å²) in [6.07, 6.45) is 0. The highest BCUT2D eigenvalue weighted by Gasteiger charge is 2.20. The monoisotopic (exact) mass is 289 g/mol. The first-order valence-corrected chi connectivity index (χ1v) is 6.63. The Balaban J connectivity index is 1.88. The molecule has 0 spiro atoms. The van der Waals surface area contributed by atoms with Crippen LogP contribution in [0.5, 0.6) is 11.5 Å². The number of hydrogen-bond acceptors (Lipinski definition) is 5. The molecule has 20 heavy (non-hydrogen) atoms. The SMILES string of the molecule is O=C(NO)NNc1cccc2c1Sc1ccccc1O2. The number of hydroxylamine groups is 1. The Bertz CT molecular complexity index is 663. The molecule has 0 aromatic heterocycles. The lowest BCUT2D eigenvalue weighted by Gasteiger charge is -2.22. The lowest BCUT2D eigenvalue weighted by Crippen LogP contribution is -2.37. The van der Waals surface area contributed by atoms with Crippen LogP contribution >= 0.6 is 11.8 Å². The van der Waals surface area contributed by atoms with Crippen LogP contribution in [0.2, 0.25) is 0 Å². The quantitative estimate of drug-likeness (QED) is 0.431. The number of hydrazine groups is 1. The van der Waals surface area contributed by atoms with Gasteiger partial charge in [-0.25, -0.2) is 15.7 Å². The Hall–Kier alpha value is -2.38. The summed E-state index contributed by atoms with van der Waals surface area (Å²) in [7, 11) is 0. The van der Waals surface area contributed by atoms with Gasteiger partial charge in [-0.1, -0.05) is 30.0 Å². The molecule has 3 rings (SSSR count). The van der Waals surface area contributed by atoms with Crippen molar-refractivity contribution in [1.29, 1.82) is 0 Å². The van der Waals surface area contributed by atoms with E-state index in [0.29, 0.717) is 11.4 Å². The van der Waals surface area contributed by atoms with Crippen molar-refractivity contribution in [1.82, 2.24) is 10.9 Å². The highest BCUT2D eigenvalue weighted by Crippen LogP contribution is 2.49. The molecule has 4 N–H and O–H groups in total. The van der Waals surface area contributed by atoms with Crippen molar-refractivity contribution >= 4 is 23.5 Å². The Morgan fingerprint density at radius 1 is 1.10 bits per heavy atom. The third-order valence-electron chi connectivity index (χ3n) is 2.67. The summed E-state index contributed by atoms with van der Waals surface area (Å²) >= 11 is 1.55. The van der Waals surface area contributed by atoms with Gasteiger partial charge in [0.15, 0.2) is 0 Å². The molecule has 7 heteroatoms. The molecule has 1 aliphatic heterocycles. The number of rotatable bonds is 2. The van der Waals surface area contributed by atoms with Crippen molar-refractivity contribution in [2.75, 3.05) is 5.43 Å². The molecule has 0 saturated heterocycles. The number of hydrogen-bond donors (Lipinski definition) is 4. The summed E-state index contributed by atoms with van der Waals surface area (Å²) in [4.78, 5) is 12.8. The van der Waals surface area contributed by atoms with Crippen molar-refractivity contribution in [2.24, 2.45) is 0 Å². The van der Waals surface area contributed by atoms with E-state index in [1.807, 2.05) is 36.4 Å². The van der Waals surface area contributed by atoms with Crippen molar-refractivity contribution < 1.29 is 14.7 Å². The molecule has 2 amide bonds. The van der Waals surface area contributed by atoms with Gasteiger partial charge in [-0.3, -0.25) is 10.6 Å². The number of amides is 2. The zero-order valence-corrected chi connectivity index (χ0v) is 11.0. The standard InChI is InChI=1S/C13H11N3O3S/c17-13(16-18)15-14-8-4-3-6-10-12(8)20-11-7-2-1-5-9(11)19-10/h1-7,14,18H,(H2,15,16,17). The number of anilines is 1. The first-order valence-electron chi connectivity index (χ1n) is 5.82. The molecule has 1 heterocycles. The third-order valence-corrected chi connectivity index (χ3v) is 3.85. The first kappa shape index (κ1) is 12.6. The van der Waals surface area contributed by atoms with Gasteiger partial charge in [0, 0.05) is 0 Å². The van der Waals surface area contributed by atoms with E-state index in [9.17, 15) is 4.79 Å². The molecule has 2 aromatic rings. The minimum atomic E-state index is -0.746. The molecule has 2 aromatic carbocycles. The molecule has 6 nitrogen and oxygen atoms in total. The van der Waals surface area contributed by atoms with Crippen LogP contribution < -0.4 is 21.1 Å². The summed E-state index contributed by atoms with van der Waals surface area (Å²) in [6, 6.07) is 12.5. The van der Waals surface area contributed by atoms with Crippen molar-refractivity contribution in [3.8, 4) is 11.5 Å². The van der Waals surface area contributed by atoms with Gasteiger partial charge < -0.3 is 4.74 Å². The van der Waals surface area contributed by atoms with Gasteiger partial charge in [0.05, 0.1) is 15.5 Å². The highest BCUT2D eigenvalue weighted by atomic mass is 32.2. The molecule has 0 fully saturated rings. The smallest absolute Gasteiger partial charge is 0.357 e. The average molecular weight is 289 g/mol. The van der Waals surface area contributed by atoms with Gasteiger partial charge in [-0.2, -0.15) is 0 Å². The zero-order valence-electron chi connectivity index (χ0n) is 10.2. The summed E-state index contributed by atoms with van der Waals surface area (Å²) in [5.41, 5.74) is 7.20. The normalized spacial score (nSPS) is 11.7. The molecular weight excluding hydrogens is 278 g/mol. The van der Waals surface area contributed by atoms with Crippen LogP contribution in [-0.2, 0) is 0 Å². The van der Waals surface area contributed by atoms with Crippen molar-refractivity contribution in [3.63, 3.8) is 0 Å². The number of urea groups is 1. The van der Waals surface area contributed by atoms with Crippen molar-refractivity contribution in [3.05, 3.63) is 42.5 Å². The first-order chi connectivity index (χ1) is 9.78. The second-order valence-electron chi connectivity index (χ2n) is 3.97. The topological polar surface area (TPSA) is 82.6 Å². The summed E-state index contributed by atoms with van der Waals surface area (Å²) < 4.78 is 5.81. The molecule has 0 unspecified atom stereocenters. The Morgan fingerprint density at radius 3 is 2.75 bits per heavy atom. The molecule has 0 aliphatic carbocycles. The fourth-order valence-electron chi connectivity index (χ4n) is 1.80. The fraction of sp³-hybridized carbons (Fsp3) is 0. The van der Waals surface area contributed by atoms with Crippen LogP contribution in [0.4, 0.5) is 10.5 Å². The maximum absolute atomic E-state index is 11.0. The third kappa shape index (κ3) is 2.36. The molecular formula is C13H11N3O3S. The van der Waals surface area contributed by atoms with E-state index in [2.05, 4.69) is 10.9 Å². The Morgan fingerprint density at radius 2 is 1.90 bits per heavy atom. The molecule has 0 bridgehead atoms. The lowest BCUT2D eigenvalue weighted by molar-refractivity contribution is 0.163. The van der Waals surface area contributed by atoms with Crippen LogP contribution in [0, 0.1) is 0 Å². The van der Waals surface area contributed by atoms with Crippen LogP contribution in [0.1, 0.15) is 0 Å². The van der Waals surface area contributed by atoms with Crippen LogP contribution in [0.25, 0.3) is 0 Å². The predicted octanol–water partition coefficient (Wildman–Crippen LogP) is 2.96. The van der Waals surface area contributed by atoms with Crippen LogP contribution in [0.15, 0.2) is 52.3 Å². The Kier molecular flexibility index (Phi) is 3.36. The van der Waals surface area contributed by atoms with E-state index < -0.39 is 6.03 Å². The van der Waals surface area contributed by atoms with E-state index in [1.165, 1.54) is 5.48 Å². The van der Waals surface area contributed by atoms with Gasteiger partial charge in [0.25, 0.3) is 0 Å². The number of carbonyl (C=O) groups is 1. The minimum Gasteiger partial charge on any atom is -0.455 e. The van der Waals surface area contributed by atoms with Crippen LogP contribution in [-0.4, -0.2) is 11.2 Å². The average Bonchev–Trinajstić information content (AvgIpc) is 2.50. The number of para-hydroxylation sites is 1. The van der Waals surface area contributed by atoms with E-state index >= 15 is 0 Å². The number of carbonyl (C=O) groups excluding carboxylic acids is 1. The second kappa shape index (κ2) is 5.32. The molecule has 0 saturated carbocycles. The number of ether oxygens (including phenoxy) is 1. The molecule has 102 valence electrons. The van der Waals surface area contributed by atoms with Gasteiger partial charge in [-0.15, -0.1) is 0 Å². The summed E-state index contributed by atoms with van der Waals surface area (Å²) in [5.74, 6) is 1.52. The largest absolute Gasteiger partial charge is 0.455 e. The number of nitrogens with one attached hydrogen (secondary N) is 3. The molecule has 0 radical (unpaired) electrons. The van der Waals surface area contributed by atoms with Gasteiger partial charge in [-0.05, 0) is 24.3 Å². The van der Waals surface area contributed by atoms with E-state index in [0.717, 1.165) is 15.5 Å². The van der Waals surface area contributed by atoms with Crippen LogP contribution in [0.3, 0.4) is 0 Å². The summed E-state index contributed by atoms with van der Waals surface area (Å²) in [6.45, 7) is 0. The Labute approximate surface area is 119 Å². The van der Waals surface area contributed by atoms with Gasteiger partial charge >= 0.3 is 6.03 Å². The summed E-state index contributed by atoms with van der Waals surface area (Å²) in [5, 5.41) is 8.45. The van der Waals surface area contributed by atoms with Crippen molar-refractivity contribution in [2.45, 2.75) is 9.79 Å². The molecule has 0 atom stereocenters. The highest BCUT2D eigenvalue weighted by molar-refractivity contribution is 7.99. The van der Waals surface area contributed by atoms with E-state index in [4.69, 9.17) is 9.94 Å². The molecule has 1 aliphatic rings. The predicted molar refractivity (Wildman–Crippen MR) is 74.2 cm³/mol. The number of fused-ring (bicyclic) bond motifs is 2. The minimum absolute atomic E-state index is 0.686. The van der Waals surface area contributed by atoms with Gasteiger partial charge in [0.2, 0.25) is 0 Å². The lowest BCUT2D eigenvalue weighted by atomic mass is 10.3. The van der Waals surface area contributed by atoms with E-state index in [1.54, 1.807) is 17.8 Å². The maximum atomic E-state index is 11.0. The van der Waals surface area contributed by atoms with E-state index in [-0.39, 0.29) is 0 Å². The second-order valence-corrected chi connectivity index (χ2v) is 5.03. The van der Waals surface area contributed by atoms with Gasteiger partial charge in [0.1, 0.15) is 11.5 Å². The maximum Gasteiger partial charge on any atom is 0.357 e. The number of benzene rings is 2. The zero-order chi connectivity index (χ0) is 13.9. The fourth-order valence-corrected chi connectivity index (χ4v) is 2.82.